The quantitative estimate of drug-likeness (QED) is 0.564. The summed E-state index contributed by atoms with van der Waals surface area (Å²) in [7, 11) is 0. The average Bonchev–Trinajstić information content (AvgIpc) is 2.23. The van der Waals surface area contributed by atoms with Crippen LogP contribution < -0.4 is 5.14 Å². The van der Waals surface area contributed by atoms with E-state index >= 15 is 0 Å². The van der Waals surface area contributed by atoms with E-state index in [1.165, 1.54) is 0 Å². The molecule has 18 heteroatoms. The van der Waals surface area contributed by atoms with Crippen molar-refractivity contribution < 1.29 is 70.2 Å². The van der Waals surface area contributed by atoms with E-state index in [4.69, 9.17) is 8.76 Å². The maximum Gasteiger partial charge on any atom is 0.460 e. The fourth-order valence-electron chi connectivity index (χ4n) is 0.750. The highest BCUT2D eigenvalue weighted by molar-refractivity contribution is 7.76. The van der Waals surface area contributed by atoms with Crippen molar-refractivity contribution in [1.82, 2.24) is 0 Å². The summed E-state index contributed by atoms with van der Waals surface area (Å²) in [4.78, 5) is 0. The van der Waals surface area contributed by atoms with Gasteiger partial charge in [0.1, 0.15) is 0 Å². The predicted molar refractivity (Wildman–Crippen MR) is 45.0 cm³/mol. The van der Waals surface area contributed by atoms with Gasteiger partial charge in [-0.2, -0.15) is 61.5 Å². The van der Waals surface area contributed by atoms with Gasteiger partial charge in [-0.15, -0.1) is 0 Å². The van der Waals surface area contributed by atoms with Gasteiger partial charge in [-0.05, 0) is 0 Å². The number of hydrogen-bond acceptors (Lipinski definition) is 2. The van der Waals surface area contributed by atoms with Crippen LogP contribution in [-0.4, -0.2) is 44.8 Å². The summed E-state index contributed by atoms with van der Waals surface area (Å²) in [6.45, 7) is 0. The van der Waals surface area contributed by atoms with Crippen LogP contribution in [0.1, 0.15) is 0 Å². The maximum absolute atomic E-state index is 12.3. The van der Waals surface area contributed by atoms with Crippen LogP contribution in [0.15, 0.2) is 0 Å². The van der Waals surface area contributed by atoms with Gasteiger partial charge in [-0.1, -0.05) is 0 Å². The third kappa shape index (κ3) is 4.38. The molecule has 148 valence electrons. The Morgan fingerprint density at radius 2 is 0.667 bits per heavy atom. The lowest BCUT2D eigenvalue weighted by atomic mass is 9.98. The Labute approximate surface area is 124 Å². The van der Waals surface area contributed by atoms with E-state index in [2.05, 4.69) is 5.14 Å². The molecule has 24 heavy (non-hydrogen) atoms. The van der Waals surface area contributed by atoms with E-state index in [9.17, 15) is 61.5 Å². The van der Waals surface area contributed by atoms with Gasteiger partial charge in [0.05, 0.1) is 0 Å². The average molecular weight is 418 g/mol. The SMILES string of the molecule is FC(F)(F)C(F)(F)C(F)(F)C(F)(F)C(F)(F)C(F)(F)F.NS(=O)[O-]. The number of alkyl halides is 14. The lowest BCUT2D eigenvalue weighted by Crippen LogP contribution is -2.69. The van der Waals surface area contributed by atoms with Crippen molar-refractivity contribution in [1.29, 1.82) is 0 Å². The molecule has 0 heterocycles. The summed E-state index contributed by atoms with van der Waals surface area (Å²) in [5.41, 5.74) is 0. The van der Waals surface area contributed by atoms with E-state index in [1.54, 1.807) is 0 Å². The molecule has 0 aliphatic rings. The highest BCUT2D eigenvalue weighted by atomic mass is 32.2. The molecule has 0 spiro atoms. The van der Waals surface area contributed by atoms with Gasteiger partial charge in [0.25, 0.3) is 0 Å². The monoisotopic (exact) mass is 418 g/mol. The van der Waals surface area contributed by atoms with Crippen LogP contribution in [0.25, 0.3) is 0 Å². The third-order valence-electron chi connectivity index (χ3n) is 1.90. The minimum atomic E-state index is -8.04. The molecule has 0 aromatic heterocycles. The van der Waals surface area contributed by atoms with Crippen molar-refractivity contribution in [3.63, 3.8) is 0 Å². The van der Waals surface area contributed by atoms with Gasteiger partial charge in [0, 0.05) is 11.3 Å². The van der Waals surface area contributed by atoms with Crippen LogP contribution >= 0.6 is 0 Å². The molecule has 1 atom stereocenters. The fraction of sp³-hybridized carbons (Fsp3) is 1.00. The van der Waals surface area contributed by atoms with Crippen LogP contribution in [-0.2, 0) is 11.3 Å². The van der Waals surface area contributed by atoms with Gasteiger partial charge in [0.15, 0.2) is 0 Å². The fourth-order valence-corrected chi connectivity index (χ4v) is 0.750. The van der Waals surface area contributed by atoms with Gasteiger partial charge in [-0.25, -0.2) is 0 Å². The summed E-state index contributed by atoms with van der Waals surface area (Å²) in [6, 6.07) is 0. The molecular weight excluding hydrogens is 416 g/mol. The summed E-state index contributed by atoms with van der Waals surface area (Å²) >= 11 is -2.36. The highest BCUT2D eigenvalue weighted by Gasteiger charge is 2.91. The van der Waals surface area contributed by atoms with Gasteiger partial charge < -0.3 is 4.55 Å². The van der Waals surface area contributed by atoms with Crippen LogP contribution in [0.4, 0.5) is 61.5 Å². The van der Waals surface area contributed by atoms with Gasteiger partial charge in [0.2, 0.25) is 0 Å². The predicted octanol–water partition coefficient (Wildman–Crippen LogP) is 3.39. The second-order valence-electron chi connectivity index (χ2n) is 3.55. The Morgan fingerprint density at radius 3 is 0.750 bits per heavy atom. The Bertz CT molecular complexity index is 413. The molecule has 0 radical (unpaired) electrons. The molecule has 0 bridgehead atoms. The molecule has 1 unspecified atom stereocenters. The van der Waals surface area contributed by atoms with Crippen molar-refractivity contribution in [2.24, 2.45) is 5.14 Å². The van der Waals surface area contributed by atoms with Gasteiger partial charge >= 0.3 is 36.0 Å². The normalized spacial score (nSPS) is 16.3. The Kier molecular flexibility index (Phi) is 7.15. The molecule has 2 N–H and O–H groups in total. The minimum Gasteiger partial charge on any atom is -0.760 e. The second-order valence-corrected chi connectivity index (χ2v) is 4.07. The number of hydrogen-bond donors (Lipinski definition) is 1. The lowest BCUT2D eigenvalue weighted by Gasteiger charge is -2.37. The zero-order chi connectivity index (χ0) is 20.6. The smallest absolute Gasteiger partial charge is 0.460 e. The van der Waals surface area contributed by atoms with E-state index in [1.807, 2.05) is 0 Å². The molecule has 3 nitrogen and oxygen atoms in total. The first-order valence-electron chi connectivity index (χ1n) is 4.46. The molecule has 0 rings (SSSR count). The first-order valence-corrected chi connectivity index (χ1v) is 5.60. The lowest BCUT2D eigenvalue weighted by molar-refractivity contribution is -0.451. The molecule has 0 saturated carbocycles. The molecule has 0 saturated heterocycles. The number of halogens is 14. The van der Waals surface area contributed by atoms with Crippen molar-refractivity contribution in [2.45, 2.75) is 36.0 Å². The topological polar surface area (TPSA) is 66.2 Å². The van der Waals surface area contributed by atoms with Crippen LogP contribution in [0.3, 0.4) is 0 Å². The zero-order valence-electron chi connectivity index (χ0n) is 10.1. The largest absolute Gasteiger partial charge is 0.760 e. The molecule has 0 aliphatic heterocycles. The summed E-state index contributed by atoms with van der Waals surface area (Å²) < 4.78 is 184. The molecule has 0 aromatic rings. The summed E-state index contributed by atoms with van der Waals surface area (Å²) in [6.07, 6.45) is -15.0. The van der Waals surface area contributed by atoms with E-state index < -0.39 is 47.3 Å². The highest BCUT2D eigenvalue weighted by Crippen LogP contribution is 2.60. The number of nitrogens with two attached hydrogens (primary N) is 1. The van der Waals surface area contributed by atoms with Gasteiger partial charge in [-0.3, -0.25) is 9.35 Å². The summed E-state index contributed by atoms with van der Waals surface area (Å²) in [5, 5.41) is 4.03. The van der Waals surface area contributed by atoms with Crippen molar-refractivity contribution >= 4 is 11.3 Å². The van der Waals surface area contributed by atoms with E-state index in [0.29, 0.717) is 0 Å². The Balaban J connectivity index is 0. The number of rotatable bonds is 3. The molecule has 0 amide bonds. The van der Waals surface area contributed by atoms with Crippen LogP contribution in [0.5, 0.6) is 0 Å². The Morgan fingerprint density at radius 1 is 0.542 bits per heavy atom. The van der Waals surface area contributed by atoms with Crippen molar-refractivity contribution in [2.75, 3.05) is 0 Å². The summed E-state index contributed by atoms with van der Waals surface area (Å²) in [5.74, 6) is -31.7. The molecule has 0 aliphatic carbocycles. The van der Waals surface area contributed by atoms with Crippen molar-refractivity contribution in [3.8, 4) is 0 Å². The van der Waals surface area contributed by atoms with Crippen molar-refractivity contribution in [3.05, 3.63) is 0 Å². The van der Waals surface area contributed by atoms with Crippen LogP contribution in [0.2, 0.25) is 0 Å². The maximum atomic E-state index is 12.3. The minimum absolute atomic E-state index is 2.36. The Hall–Kier alpha value is -0.910. The van der Waals surface area contributed by atoms with Crippen LogP contribution in [0, 0.1) is 0 Å². The first kappa shape index (κ1) is 25.3. The van der Waals surface area contributed by atoms with E-state index in [-0.39, 0.29) is 0 Å². The molecule has 0 fully saturated rings. The third-order valence-corrected chi connectivity index (χ3v) is 1.90. The zero-order valence-corrected chi connectivity index (χ0v) is 10.9. The van der Waals surface area contributed by atoms with E-state index in [0.717, 1.165) is 0 Å². The molecule has 0 aromatic carbocycles. The second kappa shape index (κ2) is 6.77. The standard InChI is InChI=1S/C6F14.H3NO2S/c7-1(8,3(11,12)5(15,16)17)2(9,10)4(13,14)6(18,19)20;1-4(2)3/h;1H2,(H,2,3)/p-1. The molecular formula is C6H2F14NO2S-. The first-order chi connectivity index (χ1) is 9.98.